The Bertz CT molecular complexity index is 774. The second-order valence-corrected chi connectivity index (χ2v) is 16.1. The van der Waals surface area contributed by atoms with Gasteiger partial charge in [-0.05, 0) is 81.1 Å². The molecule has 0 bridgehead atoms. The van der Waals surface area contributed by atoms with E-state index in [1.54, 1.807) is 0 Å². The standard InChI is InChI=1S/C34H60N2O4/c1-31(2)21-27(22-32(3,4)35(31)25-15-11-9-12-16-25)39-29(37)19-20-30(38)40-28-23-33(5,6)36(34(7,8)24-28)26-17-13-10-14-18-26/h25-28H,9-24H2,1-8H3. The molecule has 4 rings (SSSR count). The van der Waals surface area contributed by atoms with Crippen LogP contribution in [0.2, 0.25) is 0 Å². The maximum absolute atomic E-state index is 12.9. The van der Waals surface area contributed by atoms with E-state index in [1.165, 1.54) is 64.2 Å². The van der Waals surface area contributed by atoms with Crippen LogP contribution >= 0.6 is 0 Å². The third kappa shape index (κ3) is 7.43. The average molecular weight is 561 g/mol. The first-order valence-electron chi connectivity index (χ1n) is 16.6. The van der Waals surface area contributed by atoms with Crippen molar-refractivity contribution in [1.29, 1.82) is 0 Å². The van der Waals surface area contributed by atoms with E-state index in [9.17, 15) is 9.59 Å². The zero-order valence-electron chi connectivity index (χ0n) is 27.2. The fourth-order valence-corrected chi connectivity index (χ4v) is 9.92. The van der Waals surface area contributed by atoms with Crippen molar-refractivity contribution < 1.29 is 19.1 Å². The predicted octanol–water partition coefficient (Wildman–Crippen LogP) is 7.56. The molecule has 0 aromatic heterocycles. The van der Waals surface area contributed by atoms with Crippen LogP contribution in [0.1, 0.15) is 158 Å². The Labute approximate surface area is 245 Å². The van der Waals surface area contributed by atoms with Gasteiger partial charge in [0.25, 0.3) is 0 Å². The average Bonchev–Trinajstić information content (AvgIpc) is 2.81. The van der Waals surface area contributed by atoms with E-state index in [2.05, 4.69) is 65.2 Å². The Hall–Kier alpha value is -1.14. The van der Waals surface area contributed by atoms with Crippen molar-refractivity contribution in [2.75, 3.05) is 0 Å². The molecule has 2 heterocycles. The number of carbonyl (C=O) groups excluding carboxylic acids is 2. The highest BCUT2D eigenvalue weighted by molar-refractivity contribution is 5.77. The van der Waals surface area contributed by atoms with Gasteiger partial charge in [-0.15, -0.1) is 0 Å². The van der Waals surface area contributed by atoms with Crippen molar-refractivity contribution >= 4 is 11.9 Å². The quantitative estimate of drug-likeness (QED) is 0.300. The number of likely N-dealkylation sites (tertiary alicyclic amines) is 2. The fraction of sp³-hybridized carbons (Fsp3) is 0.941. The SMILES string of the molecule is CC1(C)CC(OC(=O)CCC(=O)OC2CC(C)(C)N(C3CCCCC3)C(C)(C)C2)CC(C)(C)N1C1CCCCC1. The normalized spacial score (nSPS) is 28.7. The molecule has 0 unspecified atom stereocenters. The number of hydrogen-bond acceptors (Lipinski definition) is 6. The third-order valence-electron chi connectivity index (χ3n) is 10.5. The molecule has 6 heteroatoms. The van der Waals surface area contributed by atoms with Crippen LogP contribution in [-0.2, 0) is 19.1 Å². The number of ether oxygens (including phenoxy) is 2. The highest BCUT2D eigenvalue weighted by atomic mass is 16.6. The summed E-state index contributed by atoms with van der Waals surface area (Å²) < 4.78 is 12.0. The number of carbonyl (C=O) groups is 2. The Morgan fingerprint density at radius 2 is 0.800 bits per heavy atom. The Balaban J connectivity index is 1.26. The molecule has 2 saturated heterocycles. The minimum Gasteiger partial charge on any atom is -0.462 e. The van der Waals surface area contributed by atoms with Gasteiger partial charge in [-0.2, -0.15) is 0 Å². The summed E-state index contributed by atoms with van der Waals surface area (Å²) in [5, 5.41) is 0. The van der Waals surface area contributed by atoms with Gasteiger partial charge < -0.3 is 9.47 Å². The lowest BCUT2D eigenvalue weighted by Crippen LogP contribution is -2.65. The molecular formula is C34H60N2O4. The molecule has 230 valence electrons. The van der Waals surface area contributed by atoms with Gasteiger partial charge in [0, 0.05) is 59.9 Å². The topological polar surface area (TPSA) is 59.1 Å². The molecule has 6 nitrogen and oxygen atoms in total. The molecule has 2 aliphatic heterocycles. The first kappa shape index (κ1) is 31.8. The maximum Gasteiger partial charge on any atom is 0.306 e. The van der Waals surface area contributed by atoms with Crippen LogP contribution in [0.4, 0.5) is 0 Å². The predicted molar refractivity (Wildman–Crippen MR) is 161 cm³/mol. The molecule has 0 aromatic carbocycles. The lowest BCUT2D eigenvalue weighted by Gasteiger charge is -2.58. The molecular weight excluding hydrogens is 500 g/mol. The molecule has 2 saturated carbocycles. The summed E-state index contributed by atoms with van der Waals surface area (Å²) in [6.45, 7) is 18.5. The summed E-state index contributed by atoms with van der Waals surface area (Å²) in [5.74, 6) is -0.542. The molecule has 0 N–H and O–H groups in total. The van der Waals surface area contributed by atoms with Crippen molar-refractivity contribution in [3.63, 3.8) is 0 Å². The van der Waals surface area contributed by atoms with E-state index in [0.29, 0.717) is 12.1 Å². The second kappa shape index (κ2) is 12.2. The van der Waals surface area contributed by atoms with Crippen molar-refractivity contribution in [3.05, 3.63) is 0 Å². The van der Waals surface area contributed by atoms with Gasteiger partial charge in [-0.3, -0.25) is 19.4 Å². The Morgan fingerprint density at radius 1 is 0.525 bits per heavy atom. The van der Waals surface area contributed by atoms with E-state index in [0.717, 1.165) is 25.7 Å². The maximum atomic E-state index is 12.9. The van der Waals surface area contributed by atoms with Crippen LogP contribution < -0.4 is 0 Å². The molecule has 2 aliphatic carbocycles. The first-order valence-corrected chi connectivity index (χ1v) is 16.6. The minimum absolute atomic E-state index is 0.0280. The molecule has 0 aromatic rings. The van der Waals surface area contributed by atoms with Gasteiger partial charge >= 0.3 is 11.9 Å². The number of nitrogens with zero attached hydrogens (tertiary/aromatic N) is 2. The van der Waals surface area contributed by atoms with Crippen LogP contribution in [0.3, 0.4) is 0 Å². The first-order chi connectivity index (χ1) is 18.6. The zero-order valence-corrected chi connectivity index (χ0v) is 27.2. The van der Waals surface area contributed by atoms with Gasteiger partial charge in [-0.1, -0.05) is 38.5 Å². The lowest BCUT2D eigenvalue weighted by molar-refractivity contribution is -0.171. The largest absolute Gasteiger partial charge is 0.462 e. The Morgan fingerprint density at radius 3 is 1.07 bits per heavy atom. The Kier molecular flexibility index (Phi) is 9.72. The van der Waals surface area contributed by atoms with Gasteiger partial charge in [0.05, 0.1) is 12.8 Å². The van der Waals surface area contributed by atoms with E-state index < -0.39 is 0 Å². The van der Waals surface area contributed by atoms with E-state index >= 15 is 0 Å². The lowest BCUT2D eigenvalue weighted by atomic mass is 9.75. The summed E-state index contributed by atoms with van der Waals surface area (Å²) >= 11 is 0. The molecule has 0 spiro atoms. The third-order valence-corrected chi connectivity index (χ3v) is 10.5. The fourth-order valence-electron chi connectivity index (χ4n) is 9.92. The monoisotopic (exact) mass is 560 g/mol. The molecule has 4 aliphatic rings. The summed E-state index contributed by atoms with van der Waals surface area (Å²) in [4.78, 5) is 31.2. The van der Waals surface area contributed by atoms with Gasteiger partial charge in [0.2, 0.25) is 0 Å². The number of rotatable bonds is 7. The van der Waals surface area contributed by atoms with Crippen molar-refractivity contribution in [1.82, 2.24) is 9.80 Å². The minimum atomic E-state index is -0.271. The molecule has 0 amide bonds. The van der Waals surface area contributed by atoms with Crippen molar-refractivity contribution in [2.45, 2.75) is 205 Å². The van der Waals surface area contributed by atoms with E-state index in [1.807, 2.05) is 0 Å². The van der Waals surface area contributed by atoms with Crippen LogP contribution in [0.15, 0.2) is 0 Å². The summed E-state index contributed by atoms with van der Waals surface area (Å²) in [6.07, 6.45) is 16.4. The highest BCUT2D eigenvalue weighted by Gasteiger charge is 2.50. The summed E-state index contributed by atoms with van der Waals surface area (Å²) in [7, 11) is 0. The summed E-state index contributed by atoms with van der Waals surface area (Å²) in [6, 6.07) is 1.24. The van der Waals surface area contributed by atoms with Gasteiger partial charge in [0.15, 0.2) is 0 Å². The van der Waals surface area contributed by atoms with Crippen LogP contribution in [0.25, 0.3) is 0 Å². The molecule has 0 radical (unpaired) electrons. The van der Waals surface area contributed by atoms with Gasteiger partial charge in [-0.25, -0.2) is 0 Å². The number of piperidine rings is 2. The van der Waals surface area contributed by atoms with E-state index in [4.69, 9.17) is 9.47 Å². The summed E-state index contributed by atoms with van der Waals surface area (Å²) in [5.41, 5.74) is -0.112. The van der Waals surface area contributed by atoms with Gasteiger partial charge in [0.1, 0.15) is 12.2 Å². The van der Waals surface area contributed by atoms with Crippen LogP contribution in [0.5, 0.6) is 0 Å². The smallest absolute Gasteiger partial charge is 0.306 e. The number of esters is 2. The van der Waals surface area contributed by atoms with Crippen LogP contribution in [-0.4, -0.2) is 68.2 Å². The second-order valence-electron chi connectivity index (χ2n) is 16.1. The van der Waals surface area contributed by atoms with Crippen molar-refractivity contribution in [3.8, 4) is 0 Å². The van der Waals surface area contributed by atoms with E-state index in [-0.39, 0.29) is 59.1 Å². The zero-order chi connectivity index (χ0) is 29.3. The molecule has 0 atom stereocenters. The molecule has 40 heavy (non-hydrogen) atoms. The van der Waals surface area contributed by atoms with Crippen molar-refractivity contribution in [2.24, 2.45) is 0 Å². The number of hydrogen-bond donors (Lipinski definition) is 0. The highest BCUT2D eigenvalue weighted by Crippen LogP contribution is 2.45. The molecule has 4 fully saturated rings. The van der Waals surface area contributed by atoms with Crippen LogP contribution in [0, 0.1) is 0 Å².